The van der Waals surface area contributed by atoms with E-state index in [2.05, 4.69) is 101 Å². The zero-order valence-electron chi connectivity index (χ0n) is 83.1. The average Bonchev–Trinajstić information content (AvgIpc) is 1.60. The average molecular weight is 2060 g/mol. The number of nitro groups is 4. The lowest BCUT2D eigenvalue weighted by Gasteiger charge is -2.16. The van der Waals surface area contributed by atoms with Gasteiger partial charge in [-0.15, -0.1) is 0 Å². The number of likely N-dealkylation sites (N-methyl/N-ethyl adjacent to an activating group) is 2. The number of aryl methyl sites for hydroxylation is 1. The summed E-state index contributed by atoms with van der Waals surface area (Å²) < 4.78 is 138. The van der Waals surface area contributed by atoms with Gasteiger partial charge in [-0.3, -0.25) is 40.5 Å². The minimum atomic E-state index is -1.21. The Kier molecular flexibility index (Phi) is 52.0. The summed E-state index contributed by atoms with van der Waals surface area (Å²) >= 11 is 2.98. The van der Waals surface area contributed by atoms with Crippen LogP contribution in [0.25, 0.3) is 11.0 Å². The van der Waals surface area contributed by atoms with Crippen molar-refractivity contribution in [3.05, 3.63) is 253 Å². The number of benzene rings is 8. The Morgan fingerprint density at radius 2 is 0.738 bits per heavy atom. The first-order valence-electron chi connectivity index (χ1n) is 46.5. The molecule has 7 atom stereocenters. The second kappa shape index (κ2) is 61.0. The lowest BCUT2D eigenvalue weighted by molar-refractivity contribution is -0.387. The molecule has 0 saturated heterocycles. The Morgan fingerprint density at radius 1 is 0.418 bits per heavy atom. The Balaban J connectivity index is 0.000000288. The molecule has 0 amide bonds. The molecule has 0 spiro atoms. The quantitative estimate of drug-likeness (QED) is 0.00565. The van der Waals surface area contributed by atoms with Crippen molar-refractivity contribution < 1.29 is 99.0 Å². The number of fused-ring (bicyclic) bond motifs is 5. The highest BCUT2D eigenvalue weighted by atomic mass is 79.9. The normalized spacial score (nSPS) is 14.4. The van der Waals surface area contributed by atoms with Crippen LogP contribution in [-0.4, -0.2) is 277 Å². The van der Waals surface area contributed by atoms with Gasteiger partial charge in [-0.2, -0.15) is 4.39 Å². The van der Waals surface area contributed by atoms with Gasteiger partial charge in [0.05, 0.1) is 61.7 Å². The molecule has 780 valence electrons. The number of nitrogens with zero attached hydrogens (tertiary/aromatic N) is 12. The first kappa shape index (κ1) is 120. The van der Waals surface area contributed by atoms with Crippen molar-refractivity contribution in [1.29, 1.82) is 0 Å². The predicted molar refractivity (Wildman–Crippen MR) is 535 cm³/mol. The second-order valence-corrected chi connectivity index (χ2v) is 36.0. The number of nitro benzene ring substituents is 4. The minimum Gasteiger partial charge on any atom is -0.490 e. The van der Waals surface area contributed by atoms with Crippen LogP contribution in [0, 0.1) is 92.8 Å². The Hall–Kier alpha value is -11.2. The van der Waals surface area contributed by atoms with Crippen molar-refractivity contribution in [2.24, 2.45) is 0 Å². The molecule has 1 aromatic heterocycles. The van der Waals surface area contributed by atoms with Gasteiger partial charge in [0.25, 0.3) is 17.1 Å². The number of hydrogen-bond donors (Lipinski definition) is 9. The summed E-state index contributed by atoms with van der Waals surface area (Å²) in [7, 11) is 24.3. The van der Waals surface area contributed by atoms with Crippen LogP contribution < -0.4 is 35.9 Å². The maximum absolute atomic E-state index is 14.0. The third-order valence-electron chi connectivity index (χ3n) is 22.4. The molecule has 10 N–H and O–H groups in total. The van der Waals surface area contributed by atoms with E-state index >= 15 is 0 Å². The monoisotopic (exact) mass is 2060 g/mol. The van der Waals surface area contributed by atoms with Gasteiger partial charge in [0.1, 0.15) is 99.2 Å². The number of aliphatic hydroxyl groups excluding tert-OH is 5. The van der Waals surface area contributed by atoms with Crippen molar-refractivity contribution in [1.82, 2.24) is 39.0 Å². The SMILES string of the molecule is CCC(O)Cc1c(F)ccc([N+](=O)[O-])c1F.CCC(O)Cc1c(F)ccc([N+](=O)[O-])c1NCCCN(C)C.CCC(O)Cc1c(F)cccc1F.CCC1Cc2c(ccc([N+](=O)[O-])c2NCCCN(C)C)O1.CN(C)CCCNc1c([N+](=O)[O-])ccc2c1CC(CN(C)C)O2.CN(C)CCCn1c(N)nc2ccc3c(c21)CC(CN(C)C)O3.Fc1cccc(F)c1CBr.OCC(O)Cc1c(F)cccc1F. The number of hydrogen-bond acceptors (Lipinski definition) is 27. The molecule has 9 aromatic rings. The lowest BCUT2D eigenvalue weighted by Crippen LogP contribution is -2.29. The van der Waals surface area contributed by atoms with Crippen molar-refractivity contribution in [2.75, 3.05) is 172 Å². The van der Waals surface area contributed by atoms with E-state index in [9.17, 15) is 95.3 Å². The number of nitrogens with one attached hydrogen (secondary N) is 3. The fourth-order valence-electron chi connectivity index (χ4n) is 15.0. The van der Waals surface area contributed by atoms with Gasteiger partial charge in [-0.1, -0.05) is 61.8 Å². The molecule has 0 aliphatic carbocycles. The van der Waals surface area contributed by atoms with Crippen LogP contribution in [0.3, 0.4) is 0 Å². The van der Waals surface area contributed by atoms with Crippen LogP contribution in [-0.2, 0) is 56.8 Å². The maximum Gasteiger partial charge on any atom is 0.305 e. The molecule has 3 aliphatic heterocycles. The number of rotatable bonds is 41. The summed E-state index contributed by atoms with van der Waals surface area (Å²) in [6.07, 6.45) is 4.79. The van der Waals surface area contributed by atoms with Crippen molar-refractivity contribution in [3.8, 4) is 17.2 Å². The fourth-order valence-corrected chi connectivity index (χ4v) is 15.5. The highest BCUT2D eigenvalue weighted by Crippen LogP contribution is 2.44. The standard InChI is InChI=1S/C17H27N5O.C16H26N4O3.C15H24FN3O3.C15H23N3O3.C10H11F2NO3.C10H12F2O.C9H10F2O2.C7H5BrF2/c1-20(2)8-5-9-22-16-13-10-12(11-21(3)4)23-15(13)7-6-14(16)19-17(22)18;1-18(2)9-5-8-17-16-13-10-12(11-19(3)4)23-15(13)7-6-14(16)20(21)22;1-4-11(20)10-12-13(16)6-7-14(19(21)22)15(12)17-8-5-9-18(2)3;1-4-11-10-12-14(21-11)7-6-13(18(19)20)15(12)16-8-5-9-17(2)3;1-2-6(14)5-7-8(11)3-4-9(10(7)12)13(15)16;1-2-7(13)6-8-9(11)4-3-5-10(8)12;10-8-2-1-3-9(11)7(8)4-6(13)5-12;8-4-5-6(9)2-1-3-7(5)10/h6-7,12H,5,8-11H2,1-4H3,(H2,18,19);6-7,12,17H,5,8-11H2,1-4H3;6-7,11,17,20H,4-5,8-10H2,1-3H3;6-7,11,16H,4-5,8-10H2,1-3H3;3-4,6,14H,2,5H2,1H3;3-5,7,13H,2,6H2,1H3;1-3,6,12-13H,4-5H2;1-3H,4H2. The van der Waals surface area contributed by atoms with Crippen LogP contribution in [0.5, 0.6) is 17.2 Å². The van der Waals surface area contributed by atoms with Crippen molar-refractivity contribution in [3.63, 3.8) is 0 Å². The van der Waals surface area contributed by atoms with E-state index < -0.39 is 104 Å². The summed E-state index contributed by atoms with van der Waals surface area (Å²) in [6, 6.07) is 25.4. The van der Waals surface area contributed by atoms with Gasteiger partial charge in [0.2, 0.25) is 11.8 Å². The van der Waals surface area contributed by atoms with Gasteiger partial charge < -0.3 is 95.4 Å². The van der Waals surface area contributed by atoms with Crippen LogP contribution in [0.4, 0.5) is 85.3 Å². The highest BCUT2D eigenvalue weighted by molar-refractivity contribution is 9.08. The molecule has 32 nitrogen and oxygen atoms in total. The first-order chi connectivity index (χ1) is 66.7. The van der Waals surface area contributed by atoms with Crippen LogP contribution in [0.1, 0.15) is 124 Å². The van der Waals surface area contributed by atoms with Crippen molar-refractivity contribution in [2.45, 2.75) is 179 Å². The number of nitrogens with two attached hydrogens (primary N) is 1. The molecule has 3 aliphatic rings. The smallest absolute Gasteiger partial charge is 0.305 e. The Labute approximate surface area is 826 Å². The maximum atomic E-state index is 14.0. The molecular weight excluding hydrogens is 1920 g/mol. The predicted octanol–water partition coefficient (Wildman–Crippen LogP) is 16.5. The molecule has 141 heavy (non-hydrogen) atoms. The van der Waals surface area contributed by atoms with Crippen LogP contribution in [0.2, 0.25) is 0 Å². The number of ether oxygens (including phenoxy) is 3. The summed E-state index contributed by atoms with van der Waals surface area (Å²) in [5, 5.41) is 99.6. The molecule has 4 heterocycles. The number of anilines is 4. The van der Waals surface area contributed by atoms with Crippen molar-refractivity contribution >= 4 is 72.7 Å². The van der Waals surface area contributed by atoms with E-state index in [0.717, 1.165) is 167 Å². The van der Waals surface area contributed by atoms with Crippen LogP contribution in [0.15, 0.2) is 115 Å². The number of aromatic nitrogens is 2. The first-order valence-corrected chi connectivity index (χ1v) is 47.6. The van der Waals surface area contributed by atoms with Gasteiger partial charge in [0, 0.05) is 158 Å². The minimum absolute atomic E-state index is 0.0307. The molecule has 8 aromatic carbocycles. The Morgan fingerprint density at radius 3 is 1.11 bits per heavy atom. The number of imidazole rings is 1. The number of aliphatic hydroxyl groups is 5. The summed E-state index contributed by atoms with van der Waals surface area (Å²) in [5.74, 6) is -3.09. The van der Waals surface area contributed by atoms with Crippen LogP contribution >= 0.6 is 15.9 Å². The number of halogens is 10. The van der Waals surface area contributed by atoms with E-state index in [1.165, 1.54) is 60.2 Å². The molecule has 0 fully saturated rings. The zero-order chi connectivity index (χ0) is 105. The van der Waals surface area contributed by atoms with E-state index in [4.69, 9.17) is 30.2 Å². The summed E-state index contributed by atoms with van der Waals surface area (Å²) in [5.41, 5.74) is 11.8. The second-order valence-electron chi connectivity index (χ2n) is 35.5. The summed E-state index contributed by atoms with van der Waals surface area (Å²) in [4.78, 5) is 59.2. The zero-order valence-corrected chi connectivity index (χ0v) is 84.6. The van der Waals surface area contributed by atoms with E-state index in [1.807, 2.05) is 73.4 Å². The van der Waals surface area contributed by atoms with Gasteiger partial charge in [-0.05, 0) is 235 Å². The molecule has 0 radical (unpaired) electrons. The number of nitrogen functional groups attached to an aromatic ring is 1. The lowest BCUT2D eigenvalue weighted by atomic mass is 10.0. The van der Waals surface area contributed by atoms with Gasteiger partial charge in [-0.25, -0.2) is 40.1 Å². The largest absolute Gasteiger partial charge is 0.490 e. The number of alkyl halides is 1. The van der Waals surface area contributed by atoms with Gasteiger partial charge in [0.15, 0.2) is 0 Å². The molecule has 12 rings (SSSR count). The summed E-state index contributed by atoms with van der Waals surface area (Å²) in [6.45, 7) is 15.0. The fraction of sp³-hybridized carbons (Fsp3) is 0.505. The molecular formula is C99H138BrF9N16O16. The molecule has 0 saturated carbocycles. The Bertz CT molecular complexity index is 5330. The van der Waals surface area contributed by atoms with E-state index in [1.54, 1.807) is 32.9 Å². The topological polar surface area (TPSA) is 401 Å². The van der Waals surface area contributed by atoms with E-state index in [0.29, 0.717) is 62.6 Å². The third-order valence-corrected chi connectivity index (χ3v) is 23.0. The molecule has 42 heteroatoms. The van der Waals surface area contributed by atoms with E-state index in [-0.39, 0.29) is 104 Å². The highest BCUT2D eigenvalue weighted by Gasteiger charge is 2.34. The molecule has 7 unspecified atom stereocenters. The third kappa shape index (κ3) is 38.9. The molecule has 0 bridgehead atoms. The van der Waals surface area contributed by atoms with Gasteiger partial charge >= 0.3 is 5.69 Å².